The molecule has 0 saturated heterocycles. The minimum Gasteiger partial charge on any atom is -0.229 e. The molecule has 1 aliphatic carbocycles. The fourth-order valence-corrected chi connectivity index (χ4v) is 2.86. The maximum Gasteiger partial charge on any atom is 0.209 e. The van der Waals surface area contributed by atoms with Crippen molar-refractivity contribution in [1.29, 1.82) is 0 Å². The van der Waals surface area contributed by atoms with Crippen LogP contribution in [0.15, 0.2) is 24.3 Å². The lowest BCUT2D eigenvalue weighted by Crippen LogP contribution is -2.17. The summed E-state index contributed by atoms with van der Waals surface area (Å²) >= 11 is 0. The molecule has 0 saturated carbocycles. The van der Waals surface area contributed by atoms with E-state index in [9.17, 15) is 8.42 Å². The lowest BCUT2D eigenvalue weighted by Gasteiger charge is -2.09. The summed E-state index contributed by atoms with van der Waals surface area (Å²) in [6.45, 7) is 0. The Hall–Kier alpha value is -0.870. The maximum absolute atomic E-state index is 10.9. The molecule has 0 unspecified atom stereocenters. The molecule has 0 heterocycles. The van der Waals surface area contributed by atoms with Gasteiger partial charge in [0.25, 0.3) is 0 Å². The van der Waals surface area contributed by atoms with Crippen molar-refractivity contribution in [3.8, 4) is 0 Å². The van der Waals surface area contributed by atoms with Crippen LogP contribution in [0.2, 0.25) is 0 Å². The van der Waals surface area contributed by atoms with Crippen LogP contribution in [0.3, 0.4) is 0 Å². The molecule has 1 aromatic rings. The van der Waals surface area contributed by atoms with E-state index in [0.29, 0.717) is 12.3 Å². The first kappa shape index (κ1) is 10.6. The number of hydrogen-bond acceptors (Lipinski definition) is 2. The summed E-state index contributed by atoms with van der Waals surface area (Å²) in [5.74, 6) is 0.464. The molecular formula is C11H15NO2S. The molecule has 2 rings (SSSR count). The molecule has 82 valence electrons. The lowest BCUT2D eigenvalue weighted by molar-refractivity contribution is 0.584. The lowest BCUT2D eigenvalue weighted by atomic mass is 9.99. The number of hydrogen-bond donors (Lipinski definition) is 1. The third-order valence-electron chi connectivity index (χ3n) is 3.01. The maximum atomic E-state index is 10.9. The molecule has 1 aromatic carbocycles. The van der Waals surface area contributed by atoms with E-state index >= 15 is 0 Å². The summed E-state index contributed by atoms with van der Waals surface area (Å²) in [6.07, 6.45) is 2.76. The van der Waals surface area contributed by atoms with E-state index in [2.05, 4.69) is 12.1 Å². The molecule has 0 aromatic heterocycles. The molecule has 0 spiro atoms. The van der Waals surface area contributed by atoms with Crippen molar-refractivity contribution in [1.82, 2.24) is 0 Å². The zero-order valence-corrected chi connectivity index (χ0v) is 9.33. The Kier molecular flexibility index (Phi) is 2.80. The van der Waals surface area contributed by atoms with Crippen LogP contribution in [0.25, 0.3) is 0 Å². The SMILES string of the molecule is NS(=O)(=O)CC[C@H]1CCc2ccccc21. The van der Waals surface area contributed by atoms with E-state index in [1.807, 2.05) is 12.1 Å². The quantitative estimate of drug-likeness (QED) is 0.845. The van der Waals surface area contributed by atoms with Crippen LogP contribution in [-0.2, 0) is 16.4 Å². The van der Waals surface area contributed by atoms with E-state index < -0.39 is 10.0 Å². The number of sulfonamides is 1. The molecule has 0 fully saturated rings. The predicted molar refractivity (Wildman–Crippen MR) is 60.1 cm³/mol. The van der Waals surface area contributed by atoms with Crippen molar-refractivity contribution < 1.29 is 8.42 Å². The van der Waals surface area contributed by atoms with E-state index in [4.69, 9.17) is 5.14 Å². The van der Waals surface area contributed by atoms with Crippen LogP contribution in [0.4, 0.5) is 0 Å². The monoisotopic (exact) mass is 225 g/mol. The highest BCUT2D eigenvalue weighted by Gasteiger charge is 2.22. The minimum atomic E-state index is -3.31. The summed E-state index contributed by atoms with van der Waals surface area (Å²) in [6, 6.07) is 8.25. The smallest absolute Gasteiger partial charge is 0.209 e. The normalized spacial score (nSPS) is 20.2. The molecular weight excluding hydrogens is 210 g/mol. The van der Waals surface area contributed by atoms with Gasteiger partial charge in [-0.2, -0.15) is 0 Å². The Labute approximate surface area is 90.4 Å². The molecule has 0 radical (unpaired) electrons. The second-order valence-corrected chi connectivity index (χ2v) is 5.82. The Morgan fingerprint density at radius 2 is 2.07 bits per heavy atom. The standard InChI is InChI=1S/C11H15NO2S/c12-15(13,14)8-7-10-6-5-9-3-1-2-4-11(9)10/h1-4,10H,5-8H2,(H2,12,13,14)/t10-/m1/s1. The number of primary sulfonamides is 1. The second-order valence-electron chi connectivity index (χ2n) is 4.09. The highest BCUT2D eigenvalue weighted by atomic mass is 32.2. The third kappa shape index (κ3) is 2.58. The van der Waals surface area contributed by atoms with Gasteiger partial charge < -0.3 is 0 Å². The number of aryl methyl sites for hydroxylation is 1. The van der Waals surface area contributed by atoms with Gasteiger partial charge in [0, 0.05) is 0 Å². The number of benzene rings is 1. The number of nitrogens with two attached hydrogens (primary N) is 1. The fourth-order valence-electron chi connectivity index (χ4n) is 2.25. The Morgan fingerprint density at radius 1 is 1.33 bits per heavy atom. The summed E-state index contributed by atoms with van der Waals surface area (Å²) in [5.41, 5.74) is 2.66. The minimum absolute atomic E-state index is 0.0893. The fraction of sp³-hybridized carbons (Fsp3) is 0.455. The van der Waals surface area contributed by atoms with Crippen molar-refractivity contribution in [3.63, 3.8) is 0 Å². The largest absolute Gasteiger partial charge is 0.229 e. The second kappa shape index (κ2) is 3.94. The Balaban J connectivity index is 2.08. The van der Waals surface area contributed by atoms with Crippen molar-refractivity contribution in [2.45, 2.75) is 25.2 Å². The van der Waals surface area contributed by atoms with Crippen LogP contribution in [-0.4, -0.2) is 14.2 Å². The van der Waals surface area contributed by atoms with Crippen LogP contribution in [0.1, 0.15) is 29.9 Å². The van der Waals surface area contributed by atoms with Crippen molar-refractivity contribution in [2.75, 3.05) is 5.75 Å². The molecule has 1 atom stereocenters. The molecule has 0 amide bonds. The highest BCUT2D eigenvalue weighted by Crippen LogP contribution is 2.35. The first-order valence-corrected chi connectivity index (χ1v) is 6.86. The molecule has 4 heteroatoms. The van der Waals surface area contributed by atoms with Gasteiger partial charge in [0.1, 0.15) is 0 Å². The summed E-state index contributed by atoms with van der Waals surface area (Å²) in [7, 11) is -3.31. The summed E-state index contributed by atoms with van der Waals surface area (Å²) < 4.78 is 21.8. The topological polar surface area (TPSA) is 60.2 Å². The molecule has 0 bridgehead atoms. The zero-order valence-electron chi connectivity index (χ0n) is 8.52. The van der Waals surface area contributed by atoms with Crippen LogP contribution in [0, 0.1) is 0 Å². The first-order valence-electron chi connectivity index (χ1n) is 5.14. The van der Waals surface area contributed by atoms with Crippen molar-refractivity contribution >= 4 is 10.0 Å². The molecule has 15 heavy (non-hydrogen) atoms. The van der Waals surface area contributed by atoms with Gasteiger partial charge in [0.2, 0.25) is 10.0 Å². The van der Waals surface area contributed by atoms with E-state index in [-0.39, 0.29) is 5.75 Å². The Bertz CT molecular complexity index is 453. The highest BCUT2D eigenvalue weighted by molar-refractivity contribution is 7.89. The van der Waals surface area contributed by atoms with Crippen LogP contribution < -0.4 is 5.14 Å². The van der Waals surface area contributed by atoms with Crippen molar-refractivity contribution in [2.24, 2.45) is 5.14 Å². The van der Waals surface area contributed by atoms with E-state index in [1.54, 1.807) is 0 Å². The van der Waals surface area contributed by atoms with E-state index in [0.717, 1.165) is 12.8 Å². The Morgan fingerprint density at radius 3 is 2.80 bits per heavy atom. The summed E-state index contributed by atoms with van der Waals surface area (Å²) in [4.78, 5) is 0. The van der Waals surface area contributed by atoms with Gasteiger partial charge in [-0.1, -0.05) is 24.3 Å². The molecule has 3 nitrogen and oxygen atoms in total. The average Bonchev–Trinajstić information content (AvgIpc) is 2.57. The van der Waals surface area contributed by atoms with Crippen molar-refractivity contribution in [3.05, 3.63) is 35.4 Å². The van der Waals surface area contributed by atoms with Gasteiger partial charge in [-0.3, -0.25) is 0 Å². The molecule has 1 aliphatic rings. The third-order valence-corrected chi connectivity index (χ3v) is 3.81. The van der Waals surface area contributed by atoms with Crippen LogP contribution >= 0.6 is 0 Å². The van der Waals surface area contributed by atoms with Gasteiger partial charge in [-0.25, -0.2) is 13.6 Å². The molecule has 2 N–H and O–H groups in total. The van der Waals surface area contributed by atoms with Gasteiger partial charge in [-0.05, 0) is 36.3 Å². The number of fused-ring (bicyclic) bond motifs is 1. The van der Waals surface area contributed by atoms with Crippen LogP contribution in [0.5, 0.6) is 0 Å². The zero-order chi connectivity index (χ0) is 10.9. The van der Waals surface area contributed by atoms with Gasteiger partial charge in [0.15, 0.2) is 0 Å². The first-order chi connectivity index (χ1) is 7.06. The summed E-state index contributed by atoms with van der Waals surface area (Å²) in [5, 5.41) is 5.01. The van der Waals surface area contributed by atoms with Gasteiger partial charge >= 0.3 is 0 Å². The van der Waals surface area contributed by atoms with E-state index in [1.165, 1.54) is 11.1 Å². The number of rotatable bonds is 3. The average molecular weight is 225 g/mol. The molecule has 0 aliphatic heterocycles. The van der Waals surface area contributed by atoms with Gasteiger partial charge in [0.05, 0.1) is 5.75 Å². The van der Waals surface area contributed by atoms with Gasteiger partial charge in [-0.15, -0.1) is 0 Å². The predicted octanol–water partition coefficient (Wildman–Crippen LogP) is 1.40.